The van der Waals surface area contributed by atoms with Crippen LogP contribution in [-0.2, 0) is 5.60 Å². The number of phenolic OH excluding ortho intramolecular Hbond substituents is 1. The minimum Gasteiger partial charge on any atom is -0.508 e. The molecule has 3 aromatic carbocycles. The van der Waals surface area contributed by atoms with E-state index in [1.165, 1.54) is 0 Å². The first-order valence-electron chi connectivity index (χ1n) is 7.25. The van der Waals surface area contributed by atoms with E-state index in [-0.39, 0.29) is 5.75 Å². The Morgan fingerprint density at radius 1 is 0.636 bits per heavy atom. The van der Waals surface area contributed by atoms with Crippen molar-refractivity contribution in [1.29, 1.82) is 0 Å². The predicted molar refractivity (Wildman–Crippen MR) is 88.7 cm³/mol. The van der Waals surface area contributed by atoms with E-state index in [1.54, 1.807) is 19.1 Å². The van der Waals surface area contributed by atoms with Crippen LogP contribution in [0, 0.1) is 0 Å². The van der Waals surface area contributed by atoms with Gasteiger partial charge in [0.25, 0.3) is 0 Å². The van der Waals surface area contributed by atoms with Gasteiger partial charge in [-0.2, -0.15) is 0 Å². The second kappa shape index (κ2) is 5.66. The van der Waals surface area contributed by atoms with Gasteiger partial charge in [0.2, 0.25) is 0 Å². The number of hydrogen-bond acceptors (Lipinski definition) is 2. The van der Waals surface area contributed by atoms with E-state index in [1.807, 2.05) is 66.7 Å². The lowest BCUT2D eigenvalue weighted by Crippen LogP contribution is -2.22. The fourth-order valence-corrected chi connectivity index (χ4v) is 2.57. The van der Waals surface area contributed by atoms with E-state index in [4.69, 9.17) is 0 Å². The Morgan fingerprint density at radius 3 is 1.64 bits per heavy atom. The van der Waals surface area contributed by atoms with Crippen LogP contribution in [0.2, 0.25) is 0 Å². The lowest BCUT2D eigenvalue weighted by molar-refractivity contribution is 0.102. The van der Waals surface area contributed by atoms with Crippen molar-refractivity contribution >= 4 is 0 Å². The molecule has 0 aromatic heterocycles. The highest BCUT2D eigenvalue weighted by atomic mass is 16.3. The molecule has 2 heteroatoms. The zero-order valence-electron chi connectivity index (χ0n) is 12.4. The van der Waals surface area contributed by atoms with Crippen LogP contribution in [0.4, 0.5) is 0 Å². The molecule has 0 fully saturated rings. The molecule has 3 rings (SSSR count). The highest BCUT2D eigenvalue weighted by Crippen LogP contribution is 2.31. The van der Waals surface area contributed by atoms with E-state index < -0.39 is 5.60 Å². The van der Waals surface area contributed by atoms with Gasteiger partial charge in [-0.05, 0) is 41.3 Å². The number of aliphatic hydroxyl groups is 1. The number of aromatic hydroxyl groups is 1. The predicted octanol–water partition coefficient (Wildman–Crippen LogP) is 4.32. The van der Waals surface area contributed by atoms with Gasteiger partial charge in [-0.3, -0.25) is 0 Å². The summed E-state index contributed by atoms with van der Waals surface area (Å²) in [5.74, 6) is 0.257. The molecule has 0 amide bonds. The van der Waals surface area contributed by atoms with E-state index >= 15 is 0 Å². The van der Waals surface area contributed by atoms with Gasteiger partial charge in [0.05, 0.1) is 0 Å². The fourth-order valence-electron chi connectivity index (χ4n) is 2.57. The number of benzene rings is 3. The maximum absolute atomic E-state index is 10.8. The molecule has 1 atom stereocenters. The Balaban J connectivity index is 1.93. The number of rotatable bonds is 3. The van der Waals surface area contributed by atoms with E-state index in [9.17, 15) is 10.2 Å². The van der Waals surface area contributed by atoms with Gasteiger partial charge in [-0.1, -0.05) is 66.7 Å². The van der Waals surface area contributed by atoms with Crippen LogP contribution < -0.4 is 0 Å². The lowest BCUT2D eigenvalue weighted by Gasteiger charge is -2.24. The highest BCUT2D eigenvalue weighted by molar-refractivity contribution is 5.64. The first-order valence-corrected chi connectivity index (χ1v) is 7.25. The maximum Gasteiger partial charge on any atom is 0.115 e. The summed E-state index contributed by atoms with van der Waals surface area (Å²) in [5.41, 5.74) is 2.78. The van der Waals surface area contributed by atoms with Crippen molar-refractivity contribution in [3.63, 3.8) is 0 Å². The second-order valence-corrected chi connectivity index (χ2v) is 5.56. The summed E-state index contributed by atoms with van der Waals surface area (Å²) in [4.78, 5) is 0. The number of hydrogen-bond donors (Lipinski definition) is 2. The Hall–Kier alpha value is -2.58. The molecule has 0 bridgehead atoms. The number of phenols is 1. The van der Waals surface area contributed by atoms with Gasteiger partial charge in [0.15, 0.2) is 0 Å². The smallest absolute Gasteiger partial charge is 0.115 e. The van der Waals surface area contributed by atoms with Gasteiger partial charge >= 0.3 is 0 Å². The molecule has 0 heterocycles. The second-order valence-electron chi connectivity index (χ2n) is 5.56. The molecular weight excluding hydrogens is 272 g/mol. The van der Waals surface area contributed by atoms with Crippen LogP contribution in [0.3, 0.4) is 0 Å². The normalized spacial score (nSPS) is 13.5. The van der Waals surface area contributed by atoms with Crippen LogP contribution in [0.5, 0.6) is 5.75 Å². The lowest BCUT2D eigenvalue weighted by atomic mass is 9.87. The molecule has 0 radical (unpaired) electrons. The van der Waals surface area contributed by atoms with Crippen molar-refractivity contribution in [2.24, 2.45) is 0 Å². The van der Waals surface area contributed by atoms with Crippen molar-refractivity contribution in [2.45, 2.75) is 12.5 Å². The summed E-state index contributed by atoms with van der Waals surface area (Å²) in [7, 11) is 0. The molecule has 110 valence electrons. The highest BCUT2D eigenvalue weighted by Gasteiger charge is 2.25. The molecule has 1 unspecified atom stereocenters. The van der Waals surface area contributed by atoms with E-state index in [2.05, 4.69) is 0 Å². The largest absolute Gasteiger partial charge is 0.508 e. The van der Waals surface area contributed by atoms with E-state index in [0.29, 0.717) is 0 Å². The molecule has 2 nitrogen and oxygen atoms in total. The van der Waals surface area contributed by atoms with E-state index in [0.717, 1.165) is 22.3 Å². The Morgan fingerprint density at radius 2 is 1.09 bits per heavy atom. The molecule has 22 heavy (non-hydrogen) atoms. The summed E-state index contributed by atoms with van der Waals surface area (Å²) in [6.45, 7) is 1.80. The van der Waals surface area contributed by atoms with Crippen molar-refractivity contribution in [3.8, 4) is 16.9 Å². The zero-order chi connectivity index (χ0) is 15.6. The SMILES string of the molecule is CC(O)(c1ccccc1)c1ccc(-c2ccc(O)cc2)cc1. The molecule has 3 aromatic rings. The summed E-state index contributed by atoms with van der Waals surface area (Å²) >= 11 is 0. The monoisotopic (exact) mass is 290 g/mol. The molecule has 0 aliphatic heterocycles. The average molecular weight is 290 g/mol. The first-order chi connectivity index (χ1) is 10.6. The van der Waals surface area contributed by atoms with Crippen LogP contribution in [-0.4, -0.2) is 10.2 Å². The van der Waals surface area contributed by atoms with Crippen LogP contribution in [0.15, 0.2) is 78.9 Å². The summed E-state index contributed by atoms with van der Waals surface area (Å²) < 4.78 is 0. The zero-order valence-corrected chi connectivity index (χ0v) is 12.4. The average Bonchev–Trinajstić information content (AvgIpc) is 2.56. The Bertz CT molecular complexity index is 742. The van der Waals surface area contributed by atoms with Gasteiger partial charge in [-0.25, -0.2) is 0 Å². The topological polar surface area (TPSA) is 40.5 Å². The van der Waals surface area contributed by atoms with Crippen LogP contribution in [0.1, 0.15) is 18.1 Å². The van der Waals surface area contributed by atoms with Crippen LogP contribution in [0.25, 0.3) is 11.1 Å². The van der Waals surface area contributed by atoms with Crippen LogP contribution >= 0.6 is 0 Å². The van der Waals surface area contributed by atoms with Crippen molar-refractivity contribution in [1.82, 2.24) is 0 Å². The van der Waals surface area contributed by atoms with Gasteiger partial charge < -0.3 is 10.2 Å². The minimum atomic E-state index is -1.02. The van der Waals surface area contributed by atoms with Crippen molar-refractivity contribution in [2.75, 3.05) is 0 Å². The standard InChI is InChI=1S/C20H18O2/c1-20(22,17-5-3-2-4-6-17)18-11-7-15(8-12-18)16-9-13-19(21)14-10-16/h2-14,21-22H,1H3. The van der Waals surface area contributed by atoms with Gasteiger partial charge in [0.1, 0.15) is 11.4 Å². The quantitative estimate of drug-likeness (QED) is 0.754. The van der Waals surface area contributed by atoms with Crippen molar-refractivity contribution in [3.05, 3.63) is 90.0 Å². The molecule has 0 aliphatic rings. The molecule has 0 aliphatic carbocycles. The summed E-state index contributed by atoms with van der Waals surface area (Å²) in [6, 6.07) is 24.6. The van der Waals surface area contributed by atoms with Crippen molar-refractivity contribution < 1.29 is 10.2 Å². The third-order valence-electron chi connectivity index (χ3n) is 3.98. The summed E-state index contributed by atoms with van der Waals surface area (Å²) in [6.07, 6.45) is 0. The minimum absolute atomic E-state index is 0.257. The molecule has 0 saturated carbocycles. The molecule has 0 spiro atoms. The fraction of sp³-hybridized carbons (Fsp3) is 0.100. The Labute approximate surface area is 130 Å². The Kier molecular flexibility index (Phi) is 3.70. The van der Waals surface area contributed by atoms with Gasteiger partial charge in [-0.15, -0.1) is 0 Å². The third-order valence-corrected chi connectivity index (χ3v) is 3.98. The molecular formula is C20H18O2. The third kappa shape index (κ3) is 2.74. The maximum atomic E-state index is 10.8. The molecule has 0 saturated heterocycles. The first kappa shape index (κ1) is 14.4. The molecule has 2 N–H and O–H groups in total. The van der Waals surface area contributed by atoms with Gasteiger partial charge in [0, 0.05) is 0 Å². The summed E-state index contributed by atoms with van der Waals surface area (Å²) in [5, 5.41) is 20.2.